The average Bonchev–Trinajstić information content (AvgIpc) is 2.92. The fraction of sp³-hybridized carbons (Fsp3) is 0.556. The van der Waals surface area contributed by atoms with E-state index in [-0.39, 0.29) is 87.1 Å². The Morgan fingerprint density at radius 3 is 0.652 bits per heavy atom. The molecule has 0 N–H and O–H groups in total. The molecule has 256 valence electrons. The molecule has 0 aliphatic carbocycles. The largest absolute Gasteiger partial charge is 3.00 e. The predicted octanol–water partition coefficient (Wildman–Crippen LogP) is 6.40. The number of halogens is 1. The minimum atomic E-state index is -0.348. The van der Waals surface area contributed by atoms with Crippen molar-refractivity contribution in [2.24, 2.45) is 0 Å². The summed E-state index contributed by atoms with van der Waals surface area (Å²) in [6.07, 6.45) is 0. The predicted molar refractivity (Wildman–Crippen MR) is 208 cm³/mol. The van der Waals surface area contributed by atoms with E-state index in [9.17, 15) is 0 Å². The number of fused-ring (bicyclic) bond motifs is 2. The van der Waals surface area contributed by atoms with Crippen LogP contribution in [0.2, 0.25) is 0 Å². The zero-order valence-corrected chi connectivity index (χ0v) is 37.4. The molecular formula is C36H56AuClN4P4+2. The number of rotatable bonds is 4. The van der Waals surface area contributed by atoms with Crippen LogP contribution in [-0.2, 0) is 22.4 Å². The van der Waals surface area contributed by atoms with Gasteiger partial charge >= 0.3 is 22.4 Å². The van der Waals surface area contributed by atoms with Gasteiger partial charge < -0.3 is 12.4 Å². The standard InChI is InChI=1S/2C18H28N2P2.Au.ClH/c2*1-17(2,3)21(7)15-16(22(8)18(4,5)6)20-14-12-10-9-11-13(14)19-15;;/h2*9-12H,1-8H3;;1H/q;;+3;/p-1. The third-order valence-corrected chi connectivity index (χ3v) is 20.6. The first-order chi connectivity index (χ1) is 20.0. The van der Waals surface area contributed by atoms with Gasteiger partial charge in [-0.2, -0.15) is 0 Å². The topological polar surface area (TPSA) is 51.6 Å². The van der Waals surface area contributed by atoms with Crippen molar-refractivity contribution < 1.29 is 34.8 Å². The van der Waals surface area contributed by atoms with E-state index in [1.807, 2.05) is 24.3 Å². The van der Waals surface area contributed by atoms with E-state index in [0.717, 1.165) is 22.1 Å². The molecule has 0 aliphatic rings. The smallest absolute Gasteiger partial charge is 1.00 e. The Balaban J connectivity index is 0.000000441. The molecule has 4 rings (SSSR count). The summed E-state index contributed by atoms with van der Waals surface area (Å²) in [6, 6.07) is 16.5. The van der Waals surface area contributed by atoms with Crippen molar-refractivity contribution in [3.63, 3.8) is 0 Å². The summed E-state index contributed by atoms with van der Waals surface area (Å²) >= 11 is 0. The van der Waals surface area contributed by atoms with E-state index < -0.39 is 0 Å². The fourth-order valence-corrected chi connectivity index (χ4v) is 10.9. The van der Waals surface area contributed by atoms with Crippen LogP contribution in [0.5, 0.6) is 0 Å². The molecule has 0 radical (unpaired) electrons. The number of benzene rings is 2. The summed E-state index contributed by atoms with van der Waals surface area (Å²) in [5.41, 5.74) is 9.12. The van der Waals surface area contributed by atoms with Crippen molar-refractivity contribution in [2.45, 2.75) is 104 Å². The van der Waals surface area contributed by atoms with E-state index in [1.165, 1.54) is 21.7 Å². The Labute approximate surface area is 307 Å². The van der Waals surface area contributed by atoms with E-state index in [0.29, 0.717) is 0 Å². The normalized spacial score (nSPS) is 15.1. The summed E-state index contributed by atoms with van der Waals surface area (Å²) in [5, 5.41) is 0.981. The van der Waals surface area contributed by atoms with Crippen LogP contribution in [0.1, 0.15) is 83.1 Å². The second-order valence-electron chi connectivity index (χ2n) is 15.6. The quantitative estimate of drug-likeness (QED) is 0.176. The van der Waals surface area contributed by atoms with Crippen molar-refractivity contribution in [1.82, 2.24) is 19.9 Å². The Morgan fingerprint density at radius 1 is 0.370 bits per heavy atom. The van der Waals surface area contributed by atoms with Gasteiger partial charge in [-0.3, -0.25) is 0 Å². The van der Waals surface area contributed by atoms with Crippen LogP contribution in [0.25, 0.3) is 22.1 Å². The molecule has 0 aliphatic heterocycles. The molecular weight excluding hydrogens is 845 g/mol. The van der Waals surface area contributed by atoms with Crippen molar-refractivity contribution >= 4 is 75.5 Å². The van der Waals surface area contributed by atoms with Crippen LogP contribution in [0, 0.1) is 0 Å². The van der Waals surface area contributed by atoms with Crippen LogP contribution in [0.15, 0.2) is 48.5 Å². The maximum absolute atomic E-state index is 5.06. The molecule has 46 heavy (non-hydrogen) atoms. The van der Waals surface area contributed by atoms with Gasteiger partial charge in [-0.15, -0.1) is 0 Å². The maximum atomic E-state index is 5.06. The van der Waals surface area contributed by atoms with E-state index in [4.69, 9.17) is 19.9 Å². The first-order valence-corrected chi connectivity index (χ1v) is 22.7. The summed E-state index contributed by atoms with van der Waals surface area (Å²) in [5.74, 6) is 0. The van der Waals surface area contributed by atoms with E-state index in [2.05, 4.69) is 134 Å². The summed E-state index contributed by atoms with van der Waals surface area (Å²) in [7, 11) is -1.39. The summed E-state index contributed by atoms with van der Waals surface area (Å²) in [4.78, 5) is 20.2. The van der Waals surface area contributed by atoms with Gasteiger partial charge in [-0.1, -0.05) is 139 Å². The molecule has 0 fully saturated rings. The summed E-state index contributed by atoms with van der Waals surface area (Å²) < 4.78 is 0. The average molecular weight is 901 g/mol. The Kier molecular flexibility index (Phi) is 16.0. The van der Waals surface area contributed by atoms with Gasteiger partial charge in [0.25, 0.3) is 0 Å². The molecule has 4 aromatic rings. The molecule has 4 unspecified atom stereocenters. The van der Waals surface area contributed by atoms with Gasteiger partial charge in [0, 0.05) is 0 Å². The molecule has 0 bridgehead atoms. The van der Waals surface area contributed by atoms with Gasteiger partial charge in [-0.05, 0) is 71.5 Å². The molecule has 0 spiro atoms. The molecule has 0 amide bonds. The third-order valence-electron chi connectivity index (χ3n) is 8.36. The van der Waals surface area contributed by atoms with Gasteiger partial charge in [0.05, 0.1) is 43.8 Å². The van der Waals surface area contributed by atoms with Gasteiger partial charge in [-0.25, -0.2) is 19.9 Å². The van der Waals surface area contributed by atoms with Crippen LogP contribution >= 0.6 is 31.7 Å². The number of aromatic nitrogens is 4. The summed E-state index contributed by atoms with van der Waals surface area (Å²) in [6.45, 7) is 37.2. The SMILES string of the molecule is CP(c1nc2ccccc2nc1P(C)C(C)(C)C)C(C)(C)C.CP(c1nc2ccccc2nc1P(C)C(C)(C)C)C(C)(C)C.[Au+3].[Cl-]. The molecule has 0 saturated carbocycles. The van der Waals surface area contributed by atoms with Crippen LogP contribution < -0.4 is 34.1 Å². The fourth-order valence-electron chi connectivity index (χ4n) is 4.13. The molecule has 2 heterocycles. The van der Waals surface area contributed by atoms with Gasteiger partial charge in [0.2, 0.25) is 0 Å². The van der Waals surface area contributed by atoms with Gasteiger partial charge in [0.15, 0.2) is 0 Å². The Bertz CT molecular complexity index is 1350. The maximum Gasteiger partial charge on any atom is 3.00 e. The second kappa shape index (κ2) is 16.7. The molecule has 10 heteroatoms. The number of nitrogens with zero attached hydrogens (tertiary/aromatic N) is 4. The van der Waals surface area contributed by atoms with Crippen molar-refractivity contribution in [1.29, 1.82) is 0 Å². The van der Waals surface area contributed by atoms with Gasteiger partial charge in [0.1, 0.15) is 0 Å². The molecule has 4 nitrogen and oxygen atoms in total. The molecule has 2 aromatic heterocycles. The second-order valence-corrected chi connectivity index (χ2v) is 27.2. The number of hydrogen-bond donors (Lipinski definition) is 0. The minimum Gasteiger partial charge on any atom is -1.00 e. The van der Waals surface area contributed by atoms with E-state index >= 15 is 0 Å². The Hall–Kier alpha value is -0.130. The Morgan fingerprint density at radius 2 is 0.522 bits per heavy atom. The number of hydrogen-bond acceptors (Lipinski definition) is 4. The first kappa shape index (κ1) is 43.9. The molecule has 4 atom stereocenters. The minimum absolute atomic E-state index is 0. The first-order valence-electron chi connectivity index (χ1n) is 15.5. The van der Waals surface area contributed by atoms with Crippen molar-refractivity contribution in [2.75, 3.05) is 26.7 Å². The van der Waals surface area contributed by atoms with Crippen LogP contribution in [0.4, 0.5) is 0 Å². The zero-order chi connectivity index (χ0) is 33.4. The van der Waals surface area contributed by atoms with Crippen LogP contribution in [0.3, 0.4) is 0 Å². The van der Waals surface area contributed by atoms with Crippen LogP contribution in [-0.4, -0.2) is 67.2 Å². The van der Waals surface area contributed by atoms with Crippen molar-refractivity contribution in [3.8, 4) is 0 Å². The third kappa shape index (κ3) is 10.9. The zero-order valence-electron chi connectivity index (χ0n) is 30.9. The molecule has 2 aromatic carbocycles. The molecule has 0 saturated heterocycles. The van der Waals surface area contributed by atoms with Crippen molar-refractivity contribution in [3.05, 3.63) is 48.5 Å². The van der Waals surface area contributed by atoms with E-state index in [1.54, 1.807) is 0 Å². The monoisotopic (exact) mass is 900 g/mol. The number of para-hydroxylation sites is 4.